The highest BCUT2D eigenvalue weighted by Gasteiger charge is 2.19. The van der Waals surface area contributed by atoms with Gasteiger partial charge >= 0.3 is 0 Å². The number of thiazole rings is 1. The molecule has 0 radical (unpaired) electrons. The van der Waals surface area contributed by atoms with Crippen LogP contribution in [0.5, 0.6) is 5.75 Å². The number of hydrogen-bond donors (Lipinski definition) is 0. The Morgan fingerprint density at radius 2 is 2.00 bits per heavy atom. The molecule has 0 amide bonds. The van der Waals surface area contributed by atoms with Crippen molar-refractivity contribution in [1.82, 2.24) is 4.98 Å². The Bertz CT molecular complexity index is 695. The first kappa shape index (κ1) is 18.3. The van der Waals surface area contributed by atoms with Crippen LogP contribution in [0, 0.1) is 18.7 Å². The Morgan fingerprint density at radius 3 is 2.72 bits per heavy atom. The van der Waals surface area contributed by atoms with Gasteiger partial charge in [-0.15, -0.1) is 11.3 Å². The van der Waals surface area contributed by atoms with E-state index >= 15 is 0 Å². The third-order valence-electron chi connectivity index (χ3n) is 4.75. The lowest BCUT2D eigenvalue weighted by molar-refractivity contribution is 0.144. The van der Waals surface area contributed by atoms with Crippen LogP contribution in [-0.2, 0) is 11.2 Å². The van der Waals surface area contributed by atoms with Crippen molar-refractivity contribution >= 4 is 11.3 Å². The minimum absolute atomic E-state index is 0.265. The lowest BCUT2D eigenvalue weighted by Crippen LogP contribution is -2.09. The Kier molecular flexibility index (Phi) is 6.43. The van der Waals surface area contributed by atoms with E-state index in [1.165, 1.54) is 37.0 Å². The molecule has 0 unspecified atom stereocenters. The van der Waals surface area contributed by atoms with E-state index in [0.717, 1.165) is 28.6 Å². The van der Waals surface area contributed by atoms with Gasteiger partial charge < -0.3 is 9.47 Å². The molecule has 136 valence electrons. The first-order valence-corrected chi connectivity index (χ1v) is 9.87. The average molecular weight is 363 g/mol. The summed E-state index contributed by atoms with van der Waals surface area (Å²) in [6.07, 6.45) is 7.70. The Morgan fingerprint density at radius 1 is 1.20 bits per heavy atom. The summed E-state index contributed by atoms with van der Waals surface area (Å²) in [4.78, 5) is 5.97. The molecule has 0 spiro atoms. The van der Waals surface area contributed by atoms with Gasteiger partial charge in [-0.3, -0.25) is 0 Å². The maximum Gasteiger partial charge on any atom is 0.165 e. The average Bonchev–Trinajstić information content (AvgIpc) is 2.97. The summed E-state index contributed by atoms with van der Waals surface area (Å²) in [5, 5.41) is 1.04. The van der Waals surface area contributed by atoms with Crippen LogP contribution in [0.15, 0.2) is 18.2 Å². The molecule has 1 aliphatic carbocycles. The normalized spacial score (nSPS) is 15.5. The molecule has 3 nitrogen and oxygen atoms in total. The van der Waals surface area contributed by atoms with Crippen molar-refractivity contribution in [2.45, 2.75) is 45.4 Å². The fraction of sp³-hybridized carbons (Fsp3) is 0.550. The van der Waals surface area contributed by atoms with Gasteiger partial charge in [-0.1, -0.05) is 32.1 Å². The molecule has 1 aromatic heterocycles. The second-order valence-corrected chi connectivity index (χ2v) is 7.99. The molecule has 25 heavy (non-hydrogen) atoms. The number of benzene rings is 1. The van der Waals surface area contributed by atoms with Crippen molar-refractivity contribution in [1.29, 1.82) is 0 Å². The van der Waals surface area contributed by atoms with Gasteiger partial charge in [0.1, 0.15) is 6.61 Å². The number of aromatic nitrogens is 1. The van der Waals surface area contributed by atoms with Crippen LogP contribution >= 0.6 is 11.3 Å². The van der Waals surface area contributed by atoms with E-state index in [4.69, 9.17) is 9.47 Å². The number of methoxy groups -OCH3 is 1. The molecule has 3 rings (SSSR count). The summed E-state index contributed by atoms with van der Waals surface area (Å²) in [5.74, 6) is 0.665. The molecule has 0 atom stereocenters. The summed E-state index contributed by atoms with van der Waals surface area (Å²) in [6, 6.07) is 5.14. The Balaban J connectivity index is 1.77. The van der Waals surface area contributed by atoms with Gasteiger partial charge in [0.15, 0.2) is 11.6 Å². The van der Waals surface area contributed by atoms with E-state index in [0.29, 0.717) is 13.2 Å². The molecular weight excluding hydrogens is 337 g/mol. The van der Waals surface area contributed by atoms with Crippen LogP contribution in [0.2, 0.25) is 0 Å². The zero-order valence-corrected chi connectivity index (χ0v) is 15.8. The maximum absolute atomic E-state index is 14.4. The summed E-state index contributed by atoms with van der Waals surface area (Å²) in [5.41, 5.74) is 1.78. The van der Waals surface area contributed by atoms with Crippen molar-refractivity contribution in [2.24, 2.45) is 5.92 Å². The van der Waals surface area contributed by atoms with Crippen molar-refractivity contribution in [2.75, 3.05) is 20.3 Å². The number of aryl methyl sites for hydroxylation is 1. The first-order chi connectivity index (χ1) is 12.2. The predicted octanol–water partition coefficient (Wildman–Crippen LogP) is 5.41. The third-order valence-corrected chi connectivity index (χ3v) is 5.75. The van der Waals surface area contributed by atoms with E-state index < -0.39 is 0 Å². The second kappa shape index (κ2) is 8.77. The van der Waals surface area contributed by atoms with E-state index in [1.54, 1.807) is 30.6 Å². The molecular formula is C20H26FNO2S. The topological polar surface area (TPSA) is 31.4 Å². The van der Waals surface area contributed by atoms with Crippen molar-refractivity contribution in [3.8, 4) is 17.0 Å². The smallest absolute Gasteiger partial charge is 0.165 e. The summed E-state index contributed by atoms with van der Waals surface area (Å²) < 4.78 is 24.7. The fourth-order valence-corrected chi connectivity index (χ4v) is 4.56. The molecule has 1 fully saturated rings. The van der Waals surface area contributed by atoms with Gasteiger partial charge in [0, 0.05) is 17.6 Å². The van der Waals surface area contributed by atoms with Crippen LogP contribution in [0.1, 0.15) is 42.0 Å². The van der Waals surface area contributed by atoms with E-state index in [1.807, 2.05) is 13.0 Å². The van der Waals surface area contributed by atoms with Crippen molar-refractivity contribution in [3.05, 3.63) is 33.9 Å². The molecule has 0 aliphatic heterocycles. The molecule has 0 bridgehead atoms. The highest BCUT2D eigenvalue weighted by Crippen LogP contribution is 2.35. The number of halogens is 1. The van der Waals surface area contributed by atoms with Crippen molar-refractivity contribution in [3.63, 3.8) is 0 Å². The van der Waals surface area contributed by atoms with Crippen LogP contribution in [0.3, 0.4) is 0 Å². The molecule has 5 heteroatoms. The van der Waals surface area contributed by atoms with E-state index in [-0.39, 0.29) is 11.6 Å². The second-order valence-electron chi connectivity index (χ2n) is 6.70. The standard InChI is InChI=1S/C20H26FNO2S/c1-14-22-20(19(25-14)12-15-6-4-3-5-7-15)16-8-9-18(17(21)13-16)24-11-10-23-2/h8-9,13,15H,3-7,10-12H2,1-2H3. The molecule has 0 N–H and O–H groups in total. The van der Waals surface area contributed by atoms with Gasteiger partial charge in [-0.25, -0.2) is 9.37 Å². The maximum atomic E-state index is 14.4. The van der Waals surface area contributed by atoms with Crippen LogP contribution in [0.25, 0.3) is 11.3 Å². The quantitative estimate of drug-likeness (QED) is 0.617. The monoisotopic (exact) mass is 363 g/mol. The van der Waals surface area contributed by atoms with Gasteiger partial charge in [0.05, 0.1) is 17.3 Å². The number of rotatable bonds is 7. The van der Waals surface area contributed by atoms with Crippen molar-refractivity contribution < 1.29 is 13.9 Å². The molecule has 1 aromatic carbocycles. The van der Waals surface area contributed by atoms with Gasteiger partial charge in [0.25, 0.3) is 0 Å². The fourth-order valence-electron chi connectivity index (χ4n) is 3.49. The SMILES string of the molecule is COCCOc1ccc(-c2nc(C)sc2CC2CCCCC2)cc1F. The lowest BCUT2D eigenvalue weighted by Gasteiger charge is -2.21. The third kappa shape index (κ3) is 4.79. The van der Waals surface area contributed by atoms with Gasteiger partial charge in [0.2, 0.25) is 0 Å². The van der Waals surface area contributed by atoms with Gasteiger partial charge in [-0.2, -0.15) is 0 Å². The number of hydrogen-bond acceptors (Lipinski definition) is 4. The minimum Gasteiger partial charge on any atom is -0.488 e. The zero-order valence-electron chi connectivity index (χ0n) is 15.0. The molecule has 0 saturated heterocycles. The number of nitrogens with zero attached hydrogens (tertiary/aromatic N) is 1. The molecule has 2 aromatic rings. The summed E-state index contributed by atoms with van der Waals surface area (Å²) in [7, 11) is 1.60. The summed E-state index contributed by atoms with van der Waals surface area (Å²) >= 11 is 1.75. The lowest BCUT2D eigenvalue weighted by atomic mass is 9.86. The van der Waals surface area contributed by atoms with Crippen LogP contribution < -0.4 is 4.74 Å². The molecule has 1 saturated carbocycles. The summed E-state index contributed by atoms with van der Waals surface area (Å²) in [6.45, 7) is 2.81. The molecule has 1 aliphatic rings. The minimum atomic E-state index is -0.345. The Hall–Kier alpha value is -1.46. The van der Waals surface area contributed by atoms with Crippen LogP contribution in [0.4, 0.5) is 4.39 Å². The Labute approximate surface area is 153 Å². The highest BCUT2D eigenvalue weighted by atomic mass is 32.1. The zero-order chi connectivity index (χ0) is 17.6. The number of ether oxygens (including phenoxy) is 2. The molecule has 1 heterocycles. The van der Waals surface area contributed by atoms with Gasteiger partial charge in [-0.05, 0) is 37.5 Å². The van der Waals surface area contributed by atoms with E-state index in [9.17, 15) is 4.39 Å². The first-order valence-electron chi connectivity index (χ1n) is 9.05. The largest absolute Gasteiger partial charge is 0.488 e. The predicted molar refractivity (Wildman–Crippen MR) is 99.9 cm³/mol. The highest BCUT2D eigenvalue weighted by molar-refractivity contribution is 7.12. The van der Waals surface area contributed by atoms with E-state index in [2.05, 4.69) is 4.98 Å². The van der Waals surface area contributed by atoms with Crippen LogP contribution in [-0.4, -0.2) is 25.3 Å².